The molecule has 0 aliphatic carbocycles. The van der Waals surface area contributed by atoms with Crippen molar-refractivity contribution in [3.05, 3.63) is 54.1 Å². The highest BCUT2D eigenvalue weighted by atomic mass is 16.5. The first-order valence-corrected chi connectivity index (χ1v) is 11.8. The van der Waals surface area contributed by atoms with Gasteiger partial charge in [0.15, 0.2) is 5.75 Å². The molecule has 1 amide bonds. The Labute approximate surface area is 185 Å². The summed E-state index contributed by atoms with van der Waals surface area (Å²) in [4.78, 5) is 14.4. The van der Waals surface area contributed by atoms with Crippen molar-refractivity contribution in [3.63, 3.8) is 0 Å². The summed E-state index contributed by atoms with van der Waals surface area (Å²) >= 11 is 0. The van der Waals surface area contributed by atoms with E-state index in [2.05, 4.69) is 6.92 Å². The number of nitrogens with zero attached hydrogens (tertiary/aromatic N) is 1. The number of amides is 1. The zero-order valence-electron chi connectivity index (χ0n) is 20.5. The number of hydrogen-bond acceptors (Lipinski definition) is 2. The molecule has 0 radical (unpaired) electrons. The van der Waals surface area contributed by atoms with Crippen molar-refractivity contribution in [1.29, 1.82) is 0 Å². The predicted molar refractivity (Wildman–Crippen MR) is 132 cm³/mol. The van der Waals surface area contributed by atoms with Gasteiger partial charge in [0, 0.05) is 13.0 Å². The average Bonchev–Trinajstić information content (AvgIpc) is 2.81. The van der Waals surface area contributed by atoms with Gasteiger partial charge in [0.2, 0.25) is 5.91 Å². The fourth-order valence-electron chi connectivity index (χ4n) is 3.35. The number of benzene rings is 2. The van der Waals surface area contributed by atoms with Gasteiger partial charge >= 0.3 is 0 Å². The Morgan fingerprint density at radius 3 is 2.07 bits per heavy atom. The average molecular weight is 414 g/mol. The van der Waals surface area contributed by atoms with Gasteiger partial charge in [-0.2, -0.15) is 0 Å². The van der Waals surface area contributed by atoms with E-state index in [0.29, 0.717) is 12.3 Å². The number of carbonyl (C=O) groups is 1. The lowest BCUT2D eigenvalue weighted by Gasteiger charge is -2.33. The lowest BCUT2D eigenvalue weighted by molar-refractivity contribution is -0.120. The minimum atomic E-state index is 0.197. The fourth-order valence-corrected chi connectivity index (χ4v) is 3.35. The molecule has 0 bridgehead atoms. The third-order valence-electron chi connectivity index (χ3n) is 4.67. The summed E-state index contributed by atoms with van der Waals surface area (Å²) in [5, 5.41) is 0. The van der Waals surface area contributed by atoms with Crippen LogP contribution in [0.4, 0.5) is 5.69 Å². The SMILES string of the molecule is CC.CC.CC.CCC[C@@H]1CCC(=O)N(c2ccccc2Oc2ccccc2C)C1. The maximum Gasteiger partial charge on any atom is 0.227 e. The van der Waals surface area contributed by atoms with Gasteiger partial charge in [-0.15, -0.1) is 0 Å². The molecule has 0 unspecified atom stereocenters. The molecule has 2 aromatic carbocycles. The minimum absolute atomic E-state index is 0.197. The molecule has 1 saturated heterocycles. The Balaban J connectivity index is 0.00000129. The van der Waals surface area contributed by atoms with Crippen molar-refractivity contribution in [2.45, 2.75) is 81.1 Å². The molecule has 3 heteroatoms. The Morgan fingerprint density at radius 2 is 1.47 bits per heavy atom. The van der Waals surface area contributed by atoms with E-state index in [4.69, 9.17) is 4.74 Å². The molecule has 1 heterocycles. The highest BCUT2D eigenvalue weighted by molar-refractivity contribution is 5.95. The van der Waals surface area contributed by atoms with Gasteiger partial charge in [-0.05, 0) is 49.4 Å². The molecule has 1 atom stereocenters. The molecule has 3 rings (SSSR count). The van der Waals surface area contributed by atoms with E-state index in [1.165, 1.54) is 6.42 Å². The van der Waals surface area contributed by atoms with E-state index in [9.17, 15) is 4.79 Å². The van der Waals surface area contributed by atoms with E-state index in [-0.39, 0.29) is 5.91 Å². The Kier molecular flexibility index (Phi) is 15.2. The van der Waals surface area contributed by atoms with E-state index in [0.717, 1.165) is 42.1 Å². The first kappa shape index (κ1) is 27.7. The van der Waals surface area contributed by atoms with Gasteiger partial charge in [0.1, 0.15) is 5.75 Å². The van der Waals surface area contributed by atoms with Crippen molar-refractivity contribution < 1.29 is 9.53 Å². The highest BCUT2D eigenvalue weighted by Crippen LogP contribution is 2.36. The van der Waals surface area contributed by atoms with Crippen LogP contribution in [0.25, 0.3) is 0 Å². The lowest BCUT2D eigenvalue weighted by atomic mass is 9.93. The summed E-state index contributed by atoms with van der Waals surface area (Å²) in [6, 6.07) is 15.8. The van der Waals surface area contributed by atoms with Crippen LogP contribution in [0.15, 0.2) is 48.5 Å². The number of hydrogen-bond donors (Lipinski definition) is 0. The molecular weight excluding hydrogens is 370 g/mol. The number of aryl methyl sites for hydroxylation is 1. The van der Waals surface area contributed by atoms with E-state index >= 15 is 0 Å². The summed E-state index contributed by atoms with van der Waals surface area (Å²) in [6.45, 7) is 17.0. The van der Waals surface area contributed by atoms with Crippen LogP contribution in [0.3, 0.4) is 0 Å². The summed E-state index contributed by atoms with van der Waals surface area (Å²) in [6.07, 6.45) is 3.96. The van der Waals surface area contributed by atoms with E-state index in [1.807, 2.05) is 102 Å². The topological polar surface area (TPSA) is 29.5 Å². The molecule has 1 fully saturated rings. The molecule has 168 valence electrons. The third-order valence-corrected chi connectivity index (χ3v) is 4.67. The summed E-state index contributed by atoms with van der Waals surface area (Å²) < 4.78 is 6.14. The Hall–Kier alpha value is -2.29. The monoisotopic (exact) mass is 413 g/mol. The van der Waals surface area contributed by atoms with Crippen LogP contribution in [0.5, 0.6) is 11.5 Å². The van der Waals surface area contributed by atoms with Crippen LogP contribution in [-0.4, -0.2) is 12.5 Å². The summed E-state index contributed by atoms with van der Waals surface area (Å²) in [7, 11) is 0. The van der Waals surface area contributed by atoms with Crippen molar-refractivity contribution in [2.24, 2.45) is 5.92 Å². The minimum Gasteiger partial charge on any atom is -0.455 e. The van der Waals surface area contributed by atoms with Crippen LogP contribution in [0.2, 0.25) is 0 Å². The second kappa shape index (κ2) is 16.5. The van der Waals surface area contributed by atoms with Crippen LogP contribution in [-0.2, 0) is 4.79 Å². The highest BCUT2D eigenvalue weighted by Gasteiger charge is 2.28. The normalized spacial score (nSPS) is 14.9. The molecular formula is C27H43NO2. The van der Waals surface area contributed by atoms with Crippen molar-refractivity contribution in [3.8, 4) is 11.5 Å². The van der Waals surface area contributed by atoms with E-state index in [1.54, 1.807) is 0 Å². The van der Waals surface area contributed by atoms with Gasteiger partial charge in [0.25, 0.3) is 0 Å². The summed E-state index contributed by atoms with van der Waals surface area (Å²) in [5.74, 6) is 2.36. The molecule has 1 aliphatic rings. The second-order valence-corrected chi connectivity index (χ2v) is 6.53. The molecule has 3 nitrogen and oxygen atoms in total. The number of piperidine rings is 1. The van der Waals surface area contributed by atoms with Gasteiger partial charge < -0.3 is 9.64 Å². The van der Waals surface area contributed by atoms with Crippen molar-refractivity contribution in [2.75, 3.05) is 11.4 Å². The molecule has 1 aliphatic heterocycles. The Morgan fingerprint density at radius 1 is 0.900 bits per heavy atom. The Bertz CT molecular complexity index is 712. The first-order valence-electron chi connectivity index (χ1n) is 11.8. The fraction of sp³-hybridized carbons (Fsp3) is 0.519. The molecule has 0 saturated carbocycles. The standard InChI is InChI=1S/C21H25NO2.3C2H6/c1-3-8-17-13-14-21(23)22(15-17)18-10-5-7-12-20(18)24-19-11-6-4-9-16(19)2;3*1-2/h4-7,9-12,17H,3,8,13-15H2,1-2H3;3*1-2H3/t17-;;;/m1.../s1. The second-order valence-electron chi connectivity index (χ2n) is 6.53. The number of para-hydroxylation sites is 3. The van der Waals surface area contributed by atoms with Gasteiger partial charge in [-0.1, -0.05) is 85.2 Å². The van der Waals surface area contributed by atoms with Crippen molar-refractivity contribution >= 4 is 11.6 Å². The molecule has 0 spiro atoms. The van der Waals surface area contributed by atoms with Crippen LogP contribution in [0.1, 0.15) is 79.7 Å². The quantitative estimate of drug-likeness (QED) is 0.492. The third kappa shape index (κ3) is 8.22. The zero-order chi connectivity index (χ0) is 22.9. The largest absolute Gasteiger partial charge is 0.455 e. The lowest BCUT2D eigenvalue weighted by Crippen LogP contribution is -2.40. The first-order chi connectivity index (χ1) is 14.7. The van der Waals surface area contributed by atoms with Crippen LogP contribution in [0, 0.1) is 12.8 Å². The van der Waals surface area contributed by atoms with Crippen LogP contribution < -0.4 is 9.64 Å². The maximum absolute atomic E-state index is 12.5. The van der Waals surface area contributed by atoms with Gasteiger partial charge in [-0.25, -0.2) is 0 Å². The summed E-state index contributed by atoms with van der Waals surface area (Å²) in [5.41, 5.74) is 1.97. The number of rotatable bonds is 5. The molecule has 0 aromatic heterocycles. The molecule has 2 aromatic rings. The van der Waals surface area contributed by atoms with E-state index < -0.39 is 0 Å². The predicted octanol–water partition coefficient (Wildman–Crippen LogP) is 8.41. The smallest absolute Gasteiger partial charge is 0.227 e. The maximum atomic E-state index is 12.5. The number of ether oxygens (including phenoxy) is 1. The zero-order valence-corrected chi connectivity index (χ0v) is 20.5. The molecule has 30 heavy (non-hydrogen) atoms. The van der Waals surface area contributed by atoms with Crippen molar-refractivity contribution in [1.82, 2.24) is 0 Å². The van der Waals surface area contributed by atoms with Gasteiger partial charge in [0.05, 0.1) is 5.69 Å². The number of carbonyl (C=O) groups excluding carboxylic acids is 1. The molecule has 0 N–H and O–H groups in total. The van der Waals surface area contributed by atoms with Gasteiger partial charge in [-0.3, -0.25) is 4.79 Å². The number of anilines is 1. The van der Waals surface area contributed by atoms with Crippen LogP contribution >= 0.6 is 0 Å².